The van der Waals surface area contributed by atoms with Crippen LogP contribution >= 0.6 is 0 Å². The van der Waals surface area contributed by atoms with Crippen molar-refractivity contribution in [3.05, 3.63) is 47.5 Å². The molecule has 2 aromatic rings. The van der Waals surface area contributed by atoms with Crippen molar-refractivity contribution in [2.75, 3.05) is 20.8 Å². The van der Waals surface area contributed by atoms with Gasteiger partial charge in [-0.15, -0.1) is 0 Å². The highest BCUT2D eigenvalue weighted by molar-refractivity contribution is 5.45. The zero-order chi connectivity index (χ0) is 26.1. The summed E-state index contributed by atoms with van der Waals surface area (Å²) >= 11 is 0. The van der Waals surface area contributed by atoms with E-state index in [1.54, 1.807) is 24.3 Å². The Balaban J connectivity index is 1.55. The Morgan fingerprint density at radius 3 is 1.92 bits per heavy atom. The fraction of sp³-hybridized carbons (Fsp3) is 0.538. The van der Waals surface area contributed by atoms with E-state index < -0.39 is 37.3 Å². The maximum absolute atomic E-state index is 10.3. The molecule has 9 atom stereocenters. The lowest BCUT2D eigenvalue weighted by atomic mass is 9.85. The van der Waals surface area contributed by atoms with Crippen LogP contribution in [0.4, 0.5) is 0 Å². The standard InChI is InChI=1S/C26H34O10/c1-12-13(2)25(36-24(12)14-5-7-16(28)18(9-14)32-3)15-6-8-17(19(10-15)33-4)34-26-23(31)22(30)21(29)20(11-27)35-26/h5-10,12-13,20-31H,11H2,1-4H3/t12-,13+,20-,21-,22+,23-,24-,25-,26-/m1/s1. The maximum atomic E-state index is 10.3. The van der Waals surface area contributed by atoms with Gasteiger partial charge in [0.25, 0.3) is 0 Å². The molecule has 0 radical (unpaired) electrons. The first-order chi connectivity index (χ1) is 17.2. The highest BCUT2D eigenvalue weighted by Crippen LogP contribution is 2.50. The lowest BCUT2D eigenvalue weighted by molar-refractivity contribution is -0.277. The molecule has 0 unspecified atom stereocenters. The van der Waals surface area contributed by atoms with E-state index in [0.717, 1.165) is 11.1 Å². The molecule has 0 aliphatic carbocycles. The molecular weight excluding hydrogens is 472 g/mol. The molecule has 10 nitrogen and oxygen atoms in total. The van der Waals surface area contributed by atoms with Crippen molar-refractivity contribution in [3.8, 4) is 23.0 Å². The van der Waals surface area contributed by atoms with Crippen LogP contribution in [0.5, 0.6) is 23.0 Å². The summed E-state index contributed by atoms with van der Waals surface area (Å²) in [7, 11) is 2.98. The normalized spacial score (nSPS) is 34.4. The van der Waals surface area contributed by atoms with Gasteiger partial charge in [0.15, 0.2) is 23.0 Å². The third kappa shape index (κ3) is 4.84. The van der Waals surface area contributed by atoms with E-state index in [1.165, 1.54) is 14.2 Å². The Hall–Kier alpha value is -2.60. The minimum atomic E-state index is -1.55. The smallest absolute Gasteiger partial charge is 0.229 e. The molecule has 2 aromatic carbocycles. The summed E-state index contributed by atoms with van der Waals surface area (Å²) in [6.07, 6.45) is -7.42. The molecule has 2 saturated heterocycles. The second-order valence-electron chi connectivity index (χ2n) is 9.35. The average Bonchev–Trinajstić information content (AvgIpc) is 3.18. The third-order valence-corrected chi connectivity index (χ3v) is 7.22. The Morgan fingerprint density at radius 1 is 0.750 bits per heavy atom. The van der Waals surface area contributed by atoms with Gasteiger partial charge in [-0.05, 0) is 47.2 Å². The topological polar surface area (TPSA) is 147 Å². The number of rotatable bonds is 7. The molecule has 0 amide bonds. The number of ether oxygens (including phenoxy) is 5. The summed E-state index contributed by atoms with van der Waals surface area (Å²) in [6, 6.07) is 10.5. The second-order valence-corrected chi connectivity index (χ2v) is 9.35. The number of benzene rings is 2. The Bertz CT molecular complexity index is 1040. The molecule has 0 bridgehead atoms. The first-order valence-electron chi connectivity index (χ1n) is 11.9. The monoisotopic (exact) mass is 506 g/mol. The fourth-order valence-corrected chi connectivity index (χ4v) is 4.84. The molecule has 36 heavy (non-hydrogen) atoms. The SMILES string of the molecule is COc1cc([C@@H]2O[C@@H](c3ccc(O[C@@H]4O[C@H](CO)[C@@H](O)[C@H](O)[C@H]4O)c(OC)c3)[C@@H](C)[C@H]2C)ccc1O. The number of hydrogen-bond donors (Lipinski definition) is 5. The Morgan fingerprint density at radius 2 is 1.33 bits per heavy atom. The summed E-state index contributed by atoms with van der Waals surface area (Å²) in [6.45, 7) is 3.67. The van der Waals surface area contributed by atoms with Crippen LogP contribution in [0.15, 0.2) is 36.4 Å². The van der Waals surface area contributed by atoms with Crippen molar-refractivity contribution in [2.24, 2.45) is 11.8 Å². The van der Waals surface area contributed by atoms with Crippen LogP contribution in [0, 0.1) is 11.8 Å². The number of hydrogen-bond acceptors (Lipinski definition) is 10. The van der Waals surface area contributed by atoms with Gasteiger partial charge in [0, 0.05) is 0 Å². The van der Waals surface area contributed by atoms with Crippen LogP contribution in [-0.2, 0) is 9.47 Å². The van der Waals surface area contributed by atoms with Gasteiger partial charge in [-0.2, -0.15) is 0 Å². The number of aliphatic hydroxyl groups is 4. The maximum Gasteiger partial charge on any atom is 0.229 e. The highest BCUT2D eigenvalue weighted by Gasteiger charge is 2.45. The van der Waals surface area contributed by atoms with Crippen LogP contribution in [0.3, 0.4) is 0 Å². The molecule has 0 spiro atoms. The van der Waals surface area contributed by atoms with Gasteiger partial charge in [-0.1, -0.05) is 26.0 Å². The Kier molecular flexibility index (Phi) is 7.93. The number of phenols is 1. The molecule has 5 N–H and O–H groups in total. The second kappa shape index (κ2) is 10.8. The van der Waals surface area contributed by atoms with Crippen LogP contribution in [0.2, 0.25) is 0 Å². The first-order valence-corrected chi connectivity index (χ1v) is 11.9. The molecule has 4 rings (SSSR count). The van der Waals surface area contributed by atoms with Crippen LogP contribution in [-0.4, -0.2) is 77.1 Å². The predicted octanol–water partition coefficient (Wildman–Crippen LogP) is 1.67. The molecule has 10 heteroatoms. The van der Waals surface area contributed by atoms with Crippen molar-refractivity contribution in [2.45, 2.75) is 56.8 Å². The summed E-state index contributed by atoms with van der Waals surface area (Å²) in [5, 5.41) is 49.7. The van der Waals surface area contributed by atoms with E-state index in [9.17, 15) is 25.5 Å². The molecule has 0 aromatic heterocycles. The quantitative estimate of drug-likeness (QED) is 0.376. The number of methoxy groups -OCH3 is 2. The minimum Gasteiger partial charge on any atom is -0.504 e. The molecule has 2 heterocycles. The third-order valence-electron chi connectivity index (χ3n) is 7.22. The van der Waals surface area contributed by atoms with Gasteiger partial charge in [0.2, 0.25) is 6.29 Å². The van der Waals surface area contributed by atoms with E-state index in [-0.39, 0.29) is 35.5 Å². The lowest BCUT2D eigenvalue weighted by Gasteiger charge is -2.39. The fourth-order valence-electron chi connectivity index (χ4n) is 4.84. The van der Waals surface area contributed by atoms with Gasteiger partial charge in [0.1, 0.15) is 24.4 Å². The van der Waals surface area contributed by atoms with Crippen molar-refractivity contribution < 1.29 is 49.2 Å². The number of aromatic hydroxyl groups is 1. The van der Waals surface area contributed by atoms with E-state index in [1.807, 2.05) is 12.1 Å². The zero-order valence-electron chi connectivity index (χ0n) is 20.6. The number of phenolic OH excluding ortho intramolecular Hbond substituents is 1. The zero-order valence-corrected chi connectivity index (χ0v) is 20.6. The van der Waals surface area contributed by atoms with Crippen LogP contribution < -0.4 is 14.2 Å². The highest BCUT2D eigenvalue weighted by atomic mass is 16.7. The molecule has 0 saturated carbocycles. The summed E-state index contributed by atoms with van der Waals surface area (Å²) < 4.78 is 28.5. The molecule has 2 aliphatic heterocycles. The van der Waals surface area contributed by atoms with Crippen LogP contribution in [0.25, 0.3) is 0 Å². The van der Waals surface area contributed by atoms with Gasteiger partial charge in [0.05, 0.1) is 33.0 Å². The van der Waals surface area contributed by atoms with Crippen molar-refractivity contribution >= 4 is 0 Å². The van der Waals surface area contributed by atoms with Gasteiger partial charge < -0.3 is 49.2 Å². The minimum absolute atomic E-state index is 0.0659. The molecular formula is C26H34O10. The van der Waals surface area contributed by atoms with Crippen molar-refractivity contribution in [1.29, 1.82) is 0 Å². The summed E-state index contributed by atoms with van der Waals surface area (Å²) in [5.74, 6) is 1.38. The van der Waals surface area contributed by atoms with E-state index in [0.29, 0.717) is 11.5 Å². The van der Waals surface area contributed by atoms with E-state index in [2.05, 4.69) is 13.8 Å². The van der Waals surface area contributed by atoms with E-state index >= 15 is 0 Å². The molecule has 2 fully saturated rings. The van der Waals surface area contributed by atoms with Crippen LogP contribution in [0.1, 0.15) is 37.2 Å². The van der Waals surface area contributed by atoms with Gasteiger partial charge in [-0.3, -0.25) is 0 Å². The predicted molar refractivity (Wildman–Crippen MR) is 127 cm³/mol. The van der Waals surface area contributed by atoms with Crippen molar-refractivity contribution in [3.63, 3.8) is 0 Å². The summed E-state index contributed by atoms with van der Waals surface area (Å²) in [5.41, 5.74) is 1.77. The van der Waals surface area contributed by atoms with Gasteiger partial charge >= 0.3 is 0 Å². The molecule has 198 valence electrons. The first kappa shape index (κ1) is 26.5. The summed E-state index contributed by atoms with van der Waals surface area (Å²) in [4.78, 5) is 0. The lowest BCUT2D eigenvalue weighted by Crippen LogP contribution is -2.60. The average molecular weight is 507 g/mol. The number of aliphatic hydroxyl groups excluding tert-OH is 4. The Labute approximate surface area is 209 Å². The van der Waals surface area contributed by atoms with Gasteiger partial charge in [-0.25, -0.2) is 0 Å². The van der Waals surface area contributed by atoms with Crippen molar-refractivity contribution in [1.82, 2.24) is 0 Å². The largest absolute Gasteiger partial charge is 0.504 e. The molecule has 2 aliphatic rings. The van der Waals surface area contributed by atoms with E-state index in [4.69, 9.17) is 23.7 Å².